The summed E-state index contributed by atoms with van der Waals surface area (Å²) in [5, 5.41) is 9.81. The molecule has 5 nitrogen and oxygen atoms in total. The molecular weight excluding hydrogens is 367 g/mol. The zero-order valence-electron chi connectivity index (χ0n) is 16.8. The molecule has 0 bridgehead atoms. The lowest BCUT2D eigenvalue weighted by molar-refractivity contribution is 0.273. The Labute approximate surface area is 170 Å². The zero-order chi connectivity index (χ0) is 20.8. The van der Waals surface area contributed by atoms with Crippen LogP contribution in [0.2, 0.25) is 0 Å². The number of hydrogen-bond acceptors (Lipinski definition) is 5. The Hall–Kier alpha value is -3.30. The number of nitriles is 1. The Bertz CT molecular complexity index is 1030. The Kier molecular flexibility index (Phi) is 6.53. The first kappa shape index (κ1) is 20.4. The molecule has 1 aromatic carbocycles. The number of rotatable bonds is 7. The van der Waals surface area contributed by atoms with Crippen LogP contribution in [0.4, 0.5) is 4.39 Å². The molecule has 0 atom stereocenters. The average molecular weight is 390 g/mol. The smallest absolute Gasteiger partial charge is 0.232 e. The van der Waals surface area contributed by atoms with Gasteiger partial charge in [0, 0.05) is 18.3 Å². The van der Waals surface area contributed by atoms with Crippen LogP contribution < -0.4 is 4.74 Å². The third-order valence-electron chi connectivity index (χ3n) is 4.49. The van der Waals surface area contributed by atoms with Crippen molar-refractivity contribution in [2.45, 2.75) is 13.3 Å². The molecule has 2 heterocycles. The quantitative estimate of drug-likeness (QED) is 0.558. The van der Waals surface area contributed by atoms with Crippen molar-refractivity contribution in [3.8, 4) is 34.5 Å². The highest BCUT2D eigenvalue weighted by Crippen LogP contribution is 2.33. The molecule has 0 spiro atoms. The fourth-order valence-electron chi connectivity index (χ4n) is 3.02. The van der Waals surface area contributed by atoms with E-state index in [0.29, 0.717) is 23.4 Å². The van der Waals surface area contributed by atoms with Gasteiger partial charge in [0.1, 0.15) is 17.4 Å². The Morgan fingerprint density at radius 1 is 1.17 bits per heavy atom. The summed E-state index contributed by atoms with van der Waals surface area (Å²) in [6.45, 7) is 3.26. The van der Waals surface area contributed by atoms with Gasteiger partial charge < -0.3 is 9.64 Å². The molecule has 0 radical (unpaired) electrons. The van der Waals surface area contributed by atoms with E-state index in [1.165, 1.54) is 12.1 Å². The molecule has 6 heteroatoms. The van der Waals surface area contributed by atoms with Crippen molar-refractivity contribution in [2.24, 2.45) is 0 Å². The van der Waals surface area contributed by atoms with Crippen LogP contribution in [0.15, 0.2) is 48.7 Å². The first-order valence-corrected chi connectivity index (χ1v) is 9.40. The molecular formula is C23H23FN4O. The van der Waals surface area contributed by atoms with Crippen molar-refractivity contribution in [3.05, 3.63) is 65.6 Å². The van der Waals surface area contributed by atoms with E-state index in [0.717, 1.165) is 29.8 Å². The van der Waals surface area contributed by atoms with E-state index in [9.17, 15) is 9.65 Å². The van der Waals surface area contributed by atoms with Crippen LogP contribution in [0.5, 0.6) is 5.88 Å². The molecule has 29 heavy (non-hydrogen) atoms. The Balaban J connectivity index is 2.09. The second kappa shape index (κ2) is 9.26. The maximum atomic E-state index is 13.4. The van der Waals surface area contributed by atoms with Crippen molar-refractivity contribution in [1.29, 1.82) is 5.26 Å². The summed E-state index contributed by atoms with van der Waals surface area (Å²) in [6, 6.07) is 13.9. The molecule has 2 aromatic heterocycles. The Morgan fingerprint density at radius 2 is 1.93 bits per heavy atom. The fourth-order valence-corrected chi connectivity index (χ4v) is 3.02. The van der Waals surface area contributed by atoms with Gasteiger partial charge in [-0.2, -0.15) is 5.26 Å². The molecule has 0 aliphatic carbocycles. The van der Waals surface area contributed by atoms with Gasteiger partial charge in [-0.15, -0.1) is 0 Å². The minimum Gasteiger partial charge on any atom is -0.477 e. The minimum atomic E-state index is -0.331. The van der Waals surface area contributed by atoms with Gasteiger partial charge in [0.05, 0.1) is 18.0 Å². The first-order valence-electron chi connectivity index (χ1n) is 9.40. The summed E-state index contributed by atoms with van der Waals surface area (Å²) >= 11 is 0. The number of ether oxygens (including phenoxy) is 1. The predicted octanol–water partition coefficient (Wildman–Crippen LogP) is 4.46. The summed E-state index contributed by atoms with van der Waals surface area (Å²) in [6.07, 6.45) is 2.51. The van der Waals surface area contributed by atoms with Gasteiger partial charge in [0.15, 0.2) is 0 Å². The third kappa shape index (κ3) is 4.95. The van der Waals surface area contributed by atoms with Crippen LogP contribution in [-0.2, 0) is 0 Å². The highest BCUT2D eigenvalue weighted by Gasteiger charge is 2.18. The monoisotopic (exact) mass is 390 g/mol. The minimum absolute atomic E-state index is 0.271. The zero-order valence-corrected chi connectivity index (χ0v) is 16.8. The van der Waals surface area contributed by atoms with Gasteiger partial charge in [-0.3, -0.25) is 4.98 Å². The molecule has 0 aliphatic heterocycles. The number of aryl methyl sites for hydroxylation is 1. The Morgan fingerprint density at radius 3 is 2.59 bits per heavy atom. The molecule has 3 aromatic rings. The summed E-state index contributed by atoms with van der Waals surface area (Å²) in [7, 11) is 3.99. The molecule has 0 N–H and O–H groups in total. The van der Waals surface area contributed by atoms with Gasteiger partial charge in [0.2, 0.25) is 5.88 Å². The molecule has 0 saturated carbocycles. The van der Waals surface area contributed by atoms with E-state index < -0.39 is 0 Å². The van der Waals surface area contributed by atoms with Crippen molar-refractivity contribution in [1.82, 2.24) is 14.9 Å². The molecule has 0 amide bonds. The second-order valence-corrected chi connectivity index (χ2v) is 7.03. The molecule has 0 unspecified atom stereocenters. The van der Waals surface area contributed by atoms with Crippen LogP contribution in [0, 0.1) is 24.1 Å². The standard InChI is InChI=1S/C23H23FN4O/c1-16-6-4-11-26-22(16)21-14-19(17-7-9-18(24)10-8-17)20(15-25)23(27-21)29-13-5-12-28(2)3/h4,6-11,14H,5,12-13H2,1-3H3. The van der Waals surface area contributed by atoms with Crippen LogP contribution in [0.1, 0.15) is 17.5 Å². The molecule has 0 fully saturated rings. The van der Waals surface area contributed by atoms with E-state index in [-0.39, 0.29) is 11.7 Å². The largest absolute Gasteiger partial charge is 0.477 e. The van der Waals surface area contributed by atoms with Gasteiger partial charge in [-0.05, 0) is 62.8 Å². The number of pyridine rings is 2. The van der Waals surface area contributed by atoms with Crippen LogP contribution >= 0.6 is 0 Å². The van der Waals surface area contributed by atoms with Crippen molar-refractivity contribution in [2.75, 3.05) is 27.2 Å². The van der Waals surface area contributed by atoms with Gasteiger partial charge in [0.25, 0.3) is 0 Å². The third-order valence-corrected chi connectivity index (χ3v) is 4.49. The summed E-state index contributed by atoms with van der Waals surface area (Å²) < 4.78 is 19.3. The van der Waals surface area contributed by atoms with E-state index in [2.05, 4.69) is 20.9 Å². The van der Waals surface area contributed by atoms with Gasteiger partial charge in [-0.1, -0.05) is 18.2 Å². The SMILES string of the molecule is Cc1cccnc1-c1cc(-c2ccc(F)cc2)c(C#N)c(OCCCN(C)C)n1. The van der Waals surface area contributed by atoms with Crippen molar-refractivity contribution >= 4 is 0 Å². The van der Waals surface area contributed by atoms with Crippen molar-refractivity contribution in [3.63, 3.8) is 0 Å². The summed E-state index contributed by atoms with van der Waals surface area (Å²) in [5.41, 5.74) is 4.00. The average Bonchev–Trinajstić information content (AvgIpc) is 2.71. The van der Waals surface area contributed by atoms with Gasteiger partial charge in [-0.25, -0.2) is 9.37 Å². The van der Waals surface area contributed by atoms with Crippen LogP contribution in [0.25, 0.3) is 22.5 Å². The number of halogens is 1. The number of hydrogen-bond donors (Lipinski definition) is 0. The highest BCUT2D eigenvalue weighted by molar-refractivity contribution is 5.77. The first-order chi connectivity index (χ1) is 14.0. The summed E-state index contributed by atoms with van der Waals surface area (Å²) in [4.78, 5) is 11.1. The maximum Gasteiger partial charge on any atom is 0.232 e. The topological polar surface area (TPSA) is 62.0 Å². The van der Waals surface area contributed by atoms with E-state index in [4.69, 9.17) is 4.74 Å². The summed E-state index contributed by atoms with van der Waals surface area (Å²) in [5.74, 6) is -0.0598. The maximum absolute atomic E-state index is 13.4. The van der Waals surface area contributed by atoms with Crippen LogP contribution in [-0.4, -0.2) is 42.1 Å². The lowest BCUT2D eigenvalue weighted by Crippen LogP contribution is -2.16. The van der Waals surface area contributed by atoms with Gasteiger partial charge >= 0.3 is 0 Å². The lowest BCUT2D eigenvalue weighted by Gasteiger charge is -2.15. The normalized spacial score (nSPS) is 10.8. The lowest BCUT2D eigenvalue weighted by atomic mass is 9.99. The number of aromatic nitrogens is 2. The molecule has 3 rings (SSSR count). The molecule has 148 valence electrons. The number of benzene rings is 1. The number of nitrogens with zero attached hydrogens (tertiary/aromatic N) is 4. The van der Waals surface area contributed by atoms with Crippen LogP contribution in [0.3, 0.4) is 0 Å². The van der Waals surface area contributed by atoms with E-state index in [1.807, 2.05) is 39.2 Å². The van der Waals surface area contributed by atoms with E-state index in [1.54, 1.807) is 18.3 Å². The fraction of sp³-hybridized carbons (Fsp3) is 0.261. The van der Waals surface area contributed by atoms with E-state index >= 15 is 0 Å². The van der Waals surface area contributed by atoms with Crippen molar-refractivity contribution < 1.29 is 9.13 Å². The second-order valence-electron chi connectivity index (χ2n) is 7.03. The highest BCUT2D eigenvalue weighted by atomic mass is 19.1. The molecule has 0 aliphatic rings. The predicted molar refractivity (Wildman–Crippen MR) is 111 cm³/mol. The molecule has 0 saturated heterocycles.